The van der Waals surface area contributed by atoms with Gasteiger partial charge in [0.25, 0.3) is 5.91 Å². The van der Waals surface area contributed by atoms with Gasteiger partial charge in [0, 0.05) is 20.2 Å². The molecule has 0 unspecified atom stereocenters. The van der Waals surface area contributed by atoms with Crippen molar-refractivity contribution in [2.75, 3.05) is 5.32 Å². The Morgan fingerprint density at radius 1 is 1.16 bits per heavy atom. The second-order valence-electron chi connectivity index (χ2n) is 3.74. The molecule has 0 aliphatic rings. The van der Waals surface area contributed by atoms with Crippen LogP contribution in [0.15, 0.2) is 45.3 Å². The van der Waals surface area contributed by atoms with Crippen molar-refractivity contribution in [1.29, 1.82) is 0 Å². The van der Waals surface area contributed by atoms with Crippen LogP contribution in [0.3, 0.4) is 0 Å². The Balaban J connectivity index is 2.22. The van der Waals surface area contributed by atoms with Crippen molar-refractivity contribution >= 4 is 55.1 Å². The first-order valence-electron chi connectivity index (χ1n) is 5.18. The number of carbonyl (C=O) groups is 1. The average Bonchev–Trinajstić information content (AvgIpc) is 2.32. The van der Waals surface area contributed by atoms with Crippen LogP contribution in [0, 0.1) is 5.82 Å². The SMILES string of the molecule is O=C(Nc1ccc(Cl)c(Br)c1)c1cc(F)cc(Br)c1. The first kappa shape index (κ1) is 14.5. The van der Waals surface area contributed by atoms with Crippen LogP contribution in [0.4, 0.5) is 10.1 Å². The summed E-state index contributed by atoms with van der Waals surface area (Å²) in [4.78, 5) is 12.0. The quantitative estimate of drug-likeness (QED) is 0.723. The molecule has 0 radical (unpaired) electrons. The number of hydrogen-bond donors (Lipinski definition) is 1. The zero-order valence-electron chi connectivity index (χ0n) is 9.38. The molecule has 98 valence electrons. The third-order valence-corrected chi connectivity index (χ3v) is 3.97. The van der Waals surface area contributed by atoms with Crippen LogP contribution in [0.2, 0.25) is 5.02 Å². The van der Waals surface area contributed by atoms with Crippen LogP contribution in [0.5, 0.6) is 0 Å². The van der Waals surface area contributed by atoms with Gasteiger partial charge in [0.2, 0.25) is 0 Å². The van der Waals surface area contributed by atoms with E-state index in [0.29, 0.717) is 19.7 Å². The van der Waals surface area contributed by atoms with Crippen molar-refractivity contribution in [3.05, 3.63) is 61.7 Å². The van der Waals surface area contributed by atoms with Gasteiger partial charge in [-0.1, -0.05) is 27.5 Å². The van der Waals surface area contributed by atoms with Crippen LogP contribution < -0.4 is 5.32 Å². The molecule has 0 aliphatic carbocycles. The van der Waals surface area contributed by atoms with Crippen LogP contribution in [0.25, 0.3) is 0 Å². The van der Waals surface area contributed by atoms with Gasteiger partial charge >= 0.3 is 0 Å². The summed E-state index contributed by atoms with van der Waals surface area (Å²) in [6.45, 7) is 0. The minimum atomic E-state index is -0.475. The van der Waals surface area contributed by atoms with Crippen molar-refractivity contribution in [3.63, 3.8) is 0 Å². The van der Waals surface area contributed by atoms with Gasteiger partial charge in [0.05, 0.1) is 5.02 Å². The first-order chi connectivity index (χ1) is 8.95. The lowest BCUT2D eigenvalue weighted by Crippen LogP contribution is -2.12. The summed E-state index contributed by atoms with van der Waals surface area (Å²) < 4.78 is 14.4. The fourth-order valence-electron chi connectivity index (χ4n) is 1.46. The van der Waals surface area contributed by atoms with E-state index < -0.39 is 11.7 Å². The maximum atomic E-state index is 13.2. The minimum absolute atomic E-state index is 0.234. The summed E-state index contributed by atoms with van der Waals surface area (Å²) in [7, 11) is 0. The van der Waals surface area contributed by atoms with E-state index >= 15 is 0 Å². The topological polar surface area (TPSA) is 29.1 Å². The molecule has 0 fully saturated rings. The van der Waals surface area contributed by atoms with E-state index in [9.17, 15) is 9.18 Å². The van der Waals surface area contributed by atoms with Gasteiger partial charge in [-0.2, -0.15) is 0 Å². The highest BCUT2D eigenvalue weighted by Crippen LogP contribution is 2.26. The molecule has 1 amide bonds. The maximum absolute atomic E-state index is 13.2. The lowest BCUT2D eigenvalue weighted by atomic mass is 10.2. The molecule has 0 aromatic heterocycles. The molecule has 0 saturated carbocycles. The third-order valence-electron chi connectivity index (χ3n) is 2.30. The zero-order valence-corrected chi connectivity index (χ0v) is 13.3. The maximum Gasteiger partial charge on any atom is 0.255 e. The molecular formula is C13H7Br2ClFNO. The molecular weight excluding hydrogens is 400 g/mol. The number of halogens is 4. The standard InChI is InChI=1S/C13H7Br2ClFNO/c14-8-3-7(4-9(17)5-8)13(19)18-10-1-2-12(16)11(15)6-10/h1-6H,(H,18,19). The molecule has 2 rings (SSSR count). The number of rotatable bonds is 2. The third kappa shape index (κ3) is 3.78. The molecule has 0 saturated heterocycles. The van der Waals surface area contributed by atoms with Gasteiger partial charge in [-0.15, -0.1) is 0 Å². The van der Waals surface area contributed by atoms with E-state index in [-0.39, 0.29) is 5.56 Å². The Kier molecular flexibility index (Phi) is 4.60. The summed E-state index contributed by atoms with van der Waals surface area (Å²) in [6.07, 6.45) is 0. The number of amides is 1. The Morgan fingerprint density at radius 3 is 2.53 bits per heavy atom. The predicted octanol–water partition coefficient (Wildman–Crippen LogP) is 5.26. The number of nitrogens with one attached hydrogen (secondary N) is 1. The Labute approximate surface area is 131 Å². The Bertz CT molecular complexity index is 628. The van der Waals surface area contributed by atoms with Crippen molar-refractivity contribution < 1.29 is 9.18 Å². The molecule has 0 heterocycles. The van der Waals surface area contributed by atoms with E-state index in [1.807, 2.05) is 0 Å². The molecule has 0 bridgehead atoms. The second kappa shape index (κ2) is 6.03. The highest BCUT2D eigenvalue weighted by molar-refractivity contribution is 9.10. The molecule has 0 aliphatic heterocycles. The number of hydrogen-bond acceptors (Lipinski definition) is 1. The second-order valence-corrected chi connectivity index (χ2v) is 5.92. The summed E-state index contributed by atoms with van der Waals surface area (Å²) in [5, 5.41) is 3.21. The Hall–Kier alpha value is -0.910. The van der Waals surface area contributed by atoms with Crippen LogP contribution >= 0.6 is 43.5 Å². The molecule has 6 heteroatoms. The molecule has 0 spiro atoms. The lowest BCUT2D eigenvalue weighted by Gasteiger charge is -2.07. The monoisotopic (exact) mass is 405 g/mol. The molecule has 19 heavy (non-hydrogen) atoms. The van der Waals surface area contributed by atoms with E-state index in [0.717, 1.165) is 0 Å². The minimum Gasteiger partial charge on any atom is -0.322 e. The first-order valence-corrected chi connectivity index (χ1v) is 7.14. The molecule has 2 aromatic carbocycles. The van der Waals surface area contributed by atoms with Crippen molar-refractivity contribution in [2.45, 2.75) is 0 Å². The predicted molar refractivity (Wildman–Crippen MR) is 81.2 cm³/mol. The molecule has 0 atom stereocenters. The van der Waals surface area contributed by atoms with Gasteiger partial charge < -0.3 is 5.32 Å². The Morgan fingerprint density at radius 2 is 1.89 bits per heavy atom. The highest BCUT2D eigenvalue weighted by Gasteiger charge is 2.09. The van der Waals surface area contributed by atoms with Gasteiger partial charge in [-0.3, -0.25) is 4.79 Å². The number of carbonyl (C=O) groups excluding carboxylic acids is 1. The average molecular weight is 407 g/mol. The van der Waals surface area contributed by atoms with Crippen molar-refractivity contribution in [2.24, 2.45) is 0 Å². The number of benzene rings is 2. The normalized spacial score (nSPS) is 10.3. The number of anilines is 1. The van der Waals surface area contributed by atoms with E-state index in [1.54, 1.807) is 24.3 Å². The lowest BCUT2D eigenvalue weighted by molar-refractivity contribution is 0.102. The molecule has 1 N–H and O–H groups in total. The van der Waals surface area contributed by atoms with Gasteiger partial charge in [0.15, 0.2) is 0 Å². The smallest absolute Gasteiger partial charge is 0.255 e. The summed E-state index contributed by atoms with van der Waals surface area (Å²) in [5.74, 6) is -0.869. The van der Waals surface area contributed by atoms with E-state index in [2.05, 4.69) is 37.2 Å². The van der Waals surface area contributed by atoms with Gasteiger partial charge in [-0.25, -0.2) is 4.39 Å². The summed E-state index contributed by atoms with van der Waals surface area (Å²) >= 11 is 12.3. The molecule has 2 nitrogen and oxygen atoms in total. The van der Waals surface area contributed by atoms with Gasteiger partial charge in [0.1, 0.15) is 5.82 Å². The fraction of sp³-hybridized carbons (Fsp3) is 0. The van der Waals surface area contributed by atoms with Gasteiger partial charge in [-0.05, 0) is 52.3 Å². The molecule has 2 aromatic rings. The fourth-order valence-corrected chi connectivity index (χ4v) is 2.42. The van der Waals surface area contributed by atoms with Crippen LogP contribution in [-0.4, -0.2) is 5.91 Å². The summed E-state index contributed by atoms with van der Waals surface area (Å²) in [6, 6.07) is 9.00. The summed E-state index contributed by atoms with van der Waals surface area (Å²) in [5.41, 5.74) is 0.805. The largest absolute Gasteiger partial charge is 0.322 e. The van der Waals surface area contributed by atoms with Crippen LogP contribution in [0.1, 0.15) is 10.4 Å². The van der Waals surface area contributed by atoms with E-state index in [4.69, 9.17) is 11.6 Å². The van der Waals surface area contributed by atoms with E-state index in [1.165, 1.54) is 12.1 Å². The van der Waals surface area contributed by atoms with Crippen molar-refractivity contribution in [1.82, 2.24) is 0 Å². The van der Waals surface area contributed by atoms with Crippen molar-refractivity contribution in [3.8, 4) is 0 Å². The van der Waals surface area contributed by atoms with Crippen LogP contribution in [-0.2, 0) is 0 Å². The highest BCUT2D eigenvalue weighted by atomic mass is 79.9. The zero-order chi connectivity index (χ0) is 14.0.